The van der Waals surface area contributed by atoms with Gasteiger partial charge in [-0.2, -0.15) is 0 Å². The molecule has 0 radical (unpaired) electrons. The minimum Gasteiger partial charge on any atom is -0.496 e. The Morgan fingerprint density at radius 1 is 1.39 bits per heavy atom. The lowest BCUT2D eigenvalue weighted by Gasteiger charge is -2.30. The van der Waals surface area contributed by atoms with E-state index in [2.05, 4.69) is 24.4 Å². The van der Waals surface area contributed by atoms with Crippen LogP contribution in [0.4, 0.5) is 0 Å². The third-order valence-corrected chi connectivity index (χ3v) is 4.63. The monoisotopic (exact) mass is 319 g/mol. The first-order valence-corrected chi connectivity index (χ1v) is 8.74. The molecule has 0 amide bonds. The van der Waals surface area contributed by atoms with Gasteiger partial charge in [0.2, 0.25) is 0 Å². The molecule has 2 unspecified atom stereocenters. The third-order valence-electron chi connectivity index (χ3n) is 4.63. The predicted octanol–water partition coefficient (Wildman–Crippen LogP) is 3.26. The Balaban J connectivity index is 1.91. The van der Waals surface area contributed by atoms with Gasteiger partial charge in [-0.3, -0.25) is 4.79 Å². The third kappa shape index (κ3) is 4.96. The highest BCUT2D eigenvalue weighted by atomic mass is 16.5. The molecule has 0 heterocycles. The first kappa shape index (κ1) is 17.8. The summed E-state index contributed by atoms with van der Waals surface area (Å²) in [7, 11) is 1.74. The molecule has 2 rings (SSSR count). The van der Waals surface area contributed by atoms with Crippen LogP contribution >= 0.6 is 0 Å². The van der Waals surface area contributed by atoms with Crippen LogP contribution in [0.25, 0.3) is 0 Å². The summed E-state index contributed by atoms with van der Waals surface area (Å²) >= 11 is 0. The van der Waals surface area contributed by atoms with E-state index >= 15 is 0 Å². The second-order valence-corrected chi connectivity index (χ2v) is 6.15. The van der Waals surface area contributed by atoms with E-state index in [9.17, 15) is 4.79 Å². The molecule has 23 heavy (non-hydrogen) atoms. The van der Waals surface area contributed by atoms with Crippen molar-refractivity contribution in [2.24, 2.45) is 0 Å². The summed E-state index contributed by atoms with van der Waals surface area (Å²) in [5.74, 6) is 0.900. The largest absolute Gasteiger partial charge is 0.496 e. The molecule has 128 valence electrons. The van der Waals surface area contributed by atoms with Gasteiger partial charge in [0.15, 0.2) is 0 Å². The molecule has 1 aromatic carbocycles. The average molecular weight is 319 g/mol. The van der Waals surface area contributed by atoms with Crippen molar-refractivity contribution in [1.29, 1.82) is 0 Å². The van der Waals surface area contributed by atoms with Crippen molar-refractivity contribution in [2.75, 3.05) is 13.7 Å². The fraction of sp³-hybridized carbons (Fsp3) is 0.632. The summed E-state index contributed by atoms with van der Waals surface area (Å²) in [6.07, 6.45) is 5.56. The van der Waals surface area contributed by atoms with Gasteiger partial charge in [-0.15, -0.1) is 0 Å². The quantitative estimate of drug-likeness (QED) is 0.747. The lowest BCUT2D eigenvalue weighted by molar-refractivity contribution is -0.143. The van der Waals surface area contributed by atoms with Crippen LogP contribution < -0.4 is 10.1 Å². The molecular weight excluding hydrogens is 290 g/mol. The molecule has 4 heteroatoms. The number of nitrogens with one attached hydrogen (secondary N) is 1. The van der Waals surface area contributed by atoms with Crippen LogP contribution in [0.1, 0.15) is 50.7 Å². The van der Waals surface area contributed by atoms with Gasteiger partial charge < -0.3 is 14.8 Å². The number of fused-ring (bicyclic) bond motifs is 1. The maximum Gasteiger partial charge on any atom is 0.305 e. The van der Waals surface area contributed by atoms with Crippen LogP contribution in [0, 0.1) is 0 Å². The Morgan fingerprint density at radius 3 is 2.91 bits per heavy atom. The molecule has 1 aliphatic rings. The van der Waals surface area contributed by atoms with Crippen molar-refractivity contribution >= 4 is 5.97 Å². The van der Waals surface area contributed by atoms with Crippen LogP contribution in [0.3, 0.4) is 0 Å². The summed E-state index contributed by atoms with van der Waals surface area (Å²) in [4.78, 5) is 11.5. The number of carbonyl (C=O) groups excluding carboxylic acids is 1. The van der Waals surface area contributed by atoms with Gasteiger partial charge in [-0.1, -0.05) is 19.1 Å². The number of carbonyl (C=O) groups is 1. The molecule has 4 nitrogen and oxygen atoms in total. The van der Waals surface area contributed by atoms with E-state index in [-0.39, 0.29) is 5.97 Å². The lowest BCUT2D eigenvalue weighted by Crippen LogP contribution is -2.41. The van der Waals surface area contributed by atoms with E-state index < -0.39 is 0 Å². The molecule has 0 saturated heterocycles. The number of benzene rings is 1. The molecule has 0 saturated carbocycles. The van der Waals surface area contributed by atoms with Crippen LogP contribution in [0.2, 0.25) is 0 Å². The Labute approximate surface area is 139 Å². The SMILES string of the molecule is CCOC(=O)CCC(CC)NC1CCc2cccc(OC)c2C1. The van der Waals surface area contributed by atoms with Gasteiger partial charge in [0.25, 0.3) is 0 Å². The van der Waals surface area contributed by atoms with Gasteiger partial charge in [-0.25, -0.2) is 0 Å². The summed E-state index contributed by atoms with van der Waals surface area (Å²) < 4.78 is 10.5. The maximum absolute atomic E-state index is 11.5. The van der Waals surface area contributed by atoms with E-state index in [1.807, 2.05) is 13.0 Å². The van der Waals surface area contributed by atoms with Gasteiger partial charge in [0, 0.05) is 18.5 Å². The Hall–Kier alpha value is -1.55. The molecule has 0 bridgehead atoms. The van der Waals surface area contributed by atoms with Gasteiger partial charge >= 0.3 is 5.97 Å². The molecule has 2 atom stereocenters. The van der Waals surface area contributed by atoms with Crippen molar-refractivity contribution < 1.29 is 14.3 Å². The topological polar surface area (TPSA) is 47.6 Å². The van der Waals surface area contributed by atoms with E-state index in [4.69, 9.17) is 9.47 Å². The molecular formula is C19H29NO3. The van der Waals surface area contributed by atoms with Crippen molar-refractivity contribution in [3.63, 3.8) is 0 Å². The van der Waals surface area contributed by atoms with Crippen molar-refractivity contribution in [1.82, 2.24) is 5.32 Å². The molecule has 0 aromatic heterocycles. The highest BCUT2D eigenvalue weighted by Crippen LogP contribution is 2.29. The molecule has 1 N–H and O–H groups in total. The summed E-state index contributed by atoms with van der Waals surface area (Å²) in [6.45, 7) is 4.47. The highest BCUT2D eigenvalue weighted by Gasteiger charge is 2.23. The lowest BCUT2D eigenvalue weighted by atomic mass is 9.87. The van der Waals surface area contributed by atoms with Crippen molar-refractivity contribution in [3.05, 3.63) is 29.3 Å². The zero-order valence-electron chi connectivity index (χ0n) is 14.6. The molecule has 1 aliphatic carbocycles. The second-order valence-electron chi connectivity index (χ2n) is 6.15. The summed E-state index contributed by atoms with van der Waals surface area (Å²) in [6, 6.07) is 7.12. The fourth-order valence-corrected chi connectivity index (χ4v) is 3.35. The zero-order valence-corrected chi connectivity index (χ0v) is 14.6. The minimum atomic E-state index is -0.0941. The van der Waals surface area contributed by atoms with Crippen LogP contribution in [0.5, 0.6) is 5.75 Å². The molecule has 0 fully saturated rings. The highest BCUT2D eigenvalue weighted by molar-refractivity contribution is 5.69. The van der Waals surface area contributed by atoms with E-state index in [1.165, 1.54) is 11.1 Å². The van der Waals surface area contributed by atoms with E-state index in [1.54, 1.807) is 7.11 Å². The van der Waals surface area contributed by atoms with Crippen LogP contribution in [0.15, 0.2) is 18.2 Å². The first-order chi connectivity index (χ1) is 11.2. The number of methoxy groups -OCH3 is 1. The van der Waals surface area contributed by atoms with Crippen LogP contribution in [-0.2, 0) is 22.4 Å². The molecule has 0 aliphatic heterocycles. The minimum absolute atomic E-state index is 0.0941. The van der Waals surface area contributed by atoms with Gasteiger partial charge in [0.1, 0.15) is 5.75 Å². The van der Waals surface area contributed by atoms with E-state index in [0.717, 1.165) is 37.9 Å². The van der Waals surface area contributed by atoms with E-state index in [0.29, 0.717) is 25.1 Å². The summed E-state index contributed by atoms with van der Waals surface area (Å²) in [5.41, 5.74) is 2.74. The summed E-state index contributed by atoms with van der Waals surface area (Å²) in [5, 5.41) is 3.73. The van der Waals surface area contributed by atoms with Crippen LogP contribution in [-0.4, -0.2) is 31.8 Å². The number of hydrogen-bond donors (Lipinski definition) is 1. The van der Waals surface area contributed by atoms with Crippen molar-refractivity contribution in [3.8, 4) is 5.75 Å². The normalized spacial score (nSPS) is 18.1. The van der Waals surface area contributed by atoms with Crippen molar-refractivity contribution in [2.45, 2.75) is 64.5 Å². The number of rotatable bonds is 8. The zero-order chi connectivity index (χ0) is 16.7. The molecule has 0 spiro atoms. The Kier molecular flexibility index (Phi) is 6.90. The second kappa shape index (κ2) is 8.92. The number of esters is 1. The van der Waals surface area contributed by atoms with Gasteiger partial charge in [0.05, 0.1) is 13.7 Å². The average Bonchev–Trinajstić information content (AvgIpc) is 2.58. The number of hydrogen-bond acceptors (Lipinski definition) is 4. The number of ether oxygens (including phenoxy) is 2. The Bertz CT molecular complexity index is 501. The Morgan fingerprint density at radius 2 is 2.22 bits per heavy atom. The standard InChI is InChI=1S/C19H29NO3/c1-4-15(11-12-19(21)23-5-2)20-16-10-9-14-7-6-8-18(22-3)17(14)13-16/h6-8,15-16,20H,4-5,9-13H2,1-3H3. The predicted molar refractivity (Wildman–Crippen MR) is 91.9 cm³/mol. The van der Waals surface area contributed by atoms with Gasteiger partial charge in [-0.05, 0) is 56.2 Å². The smallest absolute Gasteiger partial charge is 0.305 e. The molecule has 1 aromatic rings. The fourth-order valence-electron chi connectivity index (χ4n) is 3.35. The first-order valence-electron chi connectivity index (χ1n) is 8.74. The maximum atomic E-state index is 11.5. The number of aryl methyl sites for hydroxylation is 1.